The number of aromatic nitrogens is 10. The van der Waals surface area contributed by atoms with Crippen molar-refractivity contribution < 1.29 is 37.9 Å². The van der Waals surface area contributed by atoms with E-state index in [0.29, 0.717) is 60.2 Å². The molecule has 18 heteroatoms. The maximum atomic E-state index is 15.6. The molecule has 0 radical (unpaired) electrons. The molecule has 2 unspecified atom stereocenters. The fourth-order valence-corrected chi connectivity index (χ4v) is 12.3. The van der Waals surface area contributed by atoms with Crippen LogP contribution >= 0.6 is 0 Å². The van der Waals surface area contributed by atoms with E-state index in [-0.39, 0.29) is 35.6 Å². The lowest BCUT2D eigenvalue weighted by Crippen LogP contribution is -2.27. The summed E-state index contributed by atoms with van der Waals surface area (Å²) in [5, 5.41) is 23.7. The third-order valence-corrected chi connectivity index (χ3v) is 16.3. The number of methoxy groups -OCH3 is 2. The zero-order chi connectivity index (χ0) is 56.4. The fourth-order valence-electron chi connectivity index (χ4n) is 12.3. The van der Waals surface area contributed by atoms with Gasteiger partial charge in [0.25, 0.3) is 0 Å². The summed E-state index contributed by atoms with van der Waals surface area (Å²) < 4.78 is 62.8. The summed E-state index contributed by atoms with van der Waals surface area (Å²) in [5.41, 5.74) is 10.7. The first-order valence-corrected chi connectivity index (χ1v) is 27.2. The van der Waals surface area contributed by atoms with E-state index in [4.69, 9.17) is 28.9 Å². The number of aryl methyl sites for hydroxylation is 4. The van der Waals surface area contributed by atoms with Crippen molar-refractivity contribution in [1.82, 2.24) is 48.2 Å². The molecule has 10 heterocycles. The Morgan fingerprint density at radius 3 is 1.27 bits per heavy atom. The van der Waals surface area contributed by atoms with Crippen molar-refractivity contribution >= 4 is 43.9 Å². The van der Waals surface area contributed by atoms with Gasteiger partial charge in [0.05, 0.1) is 129 Å². The molecule has 2 saturated heterocycles. The predicted molar refractivity (Wildman–Crippen MR) is 304 cm³/mol. The van der Waals surface area contributed by atoms with Crippen LogP contribution < -0.4 is 9.47 Å². The maximum Gasteiger partial charge on any atom is 0.146 e. The highest BCUT2D eigenvalue weighted by molar-refractivity contribution is 6.11. The minimum Gasteiger partial charge on any atom is -0.496 e. The molecule has 0 bridgehead atoms. The number of halogens is 2. The van der Waals surface area contributed by atoms with E-state index in [0.717, 1.165) is 103 Å². The van der Waals surface area contributed by atoms with Gasteiger partial charge >= 0.3 is 0 Å². The number of nitrogens with zero attached hydrogens (tertiary/aromatic N) is 10. The van der Waals surface area contributed by atoms with Crippen LogP contribution in [-0.4, -0.2) is 99.0 Å². The molecule has 2 fully saturated rings. The summed E-state index contributed by atoms with van der Waals surface area (Å²) in [6.07, 6.45) is 16.3. The molecule has 0 aliphatic carbocycles. The first-order chi connectivity index (χ1) is 38.4. The van der Waals surface area contributed by atoms with Gasteiger partial charge in [-0.15, -0.1) is 0 Å². The number of fused-ring (bicyclic) bond motifs is 6. The Morgan fingerprint density at radius 1 is 0.562 bits per heavy atom. The van der Waals surface area contributed by atoms with E-state index >= 15 is 8.78 Å². The molecule has 80 heavy (non-hydrogen) atoms. The second-order valence-corrected chi connectivity index (χ2v) is 22.3. The van der Waals surface area contributed by atoms with Crippen LogP contribution in [0.5, 0.6) is 11.5 Å². The first kappa shape index (κ1) is 54.3. The number of pyridine rings is 4. The second kappa shape index (κ2) is 21.4. The highest BCUT2D eigenvalue weighted by Crippen LogP contribution is 2.48. The number of aliphatic hydroxyl groups is 2. The van der Waals surface area contributed by atoms with Gasteiger partial charge in [0.2, 0.25) is 0 Å². The molecule has 12 rings (SSSR count). The molecule has 0 amide bonds. The monoisotopic (exact) mass is 1090 g/mol. The van der Waals surface area contributed by atoms with Gasteiger partial charge in [-0.05, 0) is 139 Å². The number of ether oxygens (including phenoxy) is 4. The summed E-state index contributed by atoms with van der Waals surface area (Å²) in [5.74, 6) is 0.705. The van der Waals surface area contributed by atoms with Gasteiger partial charge in [0.15, 0.2) is 0 Å². The third-order valence-electron chi connectivity index (χ3n) is 16.3. The minimum absolute atomic E-state index is 0.100. The lowest BCUT2D eigenvalue weighted by Gasteiger charge is -2.33. The summed E-state index contributed by atoms with van der Waals surface area (Å²) >= 11 is 0. The zero-order valence-electron chi connectivity index (χ0n) is 47.0. The molecule has 2 atom stereocenters. The van der Waals surface area contributed by atoms with Gasteiger partial charge in [-0.2, -0.15) is 0 Å². The molecule has 2 aliphatic rings. The molecule has 2 aliphatic heterocycles. The molecule has 8 aromatic heterocycles. The lowest BCUT2D eigenvalue weighted by atomic mass is 9.86. The highest BCUT2D eigenvalue weighted by atomic mass is 19.1. The predicted octanol–water partition coefficient (Wildman–Crippen LogP) is 11.4. The quantitative estimate of drug-likeness (QED) is 0.119. The first-order valence-electron chi connectivity index (χ1n) is 27.2. The Kier molecular flexibility index (Phi) is 14.6. The van der Waals surface area contributed by atoms with Gasteiger partial charge in [0.1, 0.15) is 23.1 Å². The van der Waals surface area contributed by atoms with Gasteiger partial charge in [-0.25, -0.2) is 18.7 Å². The molecule has 2 N–H and O–H groups in total. The molecule has 10 aromatic rings. The van der Waals surface area contributed by atoms with Gasteiger partial charge in [0, 0.05) is 87.6 Å². The number of rotatable bonds is 12. The van der Waals surface area contributed by atoms with E-state index in [1.165, 1.54) is 12.4 Å². The van der Waals surface area contributed by atoms with Crippen LogP contribution in [0.15, 0.2) is 98.4 Å². The topological polar surface area (TPSA) is 174 Å². The van der Waals surface area contributed by atoms with Crippen LogP contribution in [0.3, 0.4) is 0 Å². The van der Waals surface area contributed by atoms with Crippen LogP contribution in [-0.2, 0) is 34.8 Å². The number of hydrogen-bond donors (Lipinski definition) is 2. The van der Waals surface area contributed by atoms with E-state index in [1.54, 1.807) is 79.1 Å². The zero-order valence-corrected chi connectivity index (χ0v) is 47.0. The molecule has 2 aromatic carbocycles. The molecular weight excluding hydrogens is 1020 g/mol. The van der Waals surface area contributed by atoms with Crippen LogP contribution in [0.2, 0.25) is 0 Å². The van der Waals surface area contributed by atoms with Gasteiger partial charge < -0.3 is 47.4 Å². The standard InChI is InChI=1S/2C31H34FN5O3/c2*1-18-29(36(4)17-35-18)20-12-25-28(34-15-20)27-24(13-21(31(2,3)38)14-26(27)39-5)37(25)30(19-7-10-40-11-8-19)22-6-9-33-16-23(22)32/h2*6,9,12-17,19,30,38H,7-8,10-11H2,1-5H3. The van der Waals surface area contributed by atoms with Crippen molar-refractivity contribution in [3.05, 3.63) is 144 Å². The van der Waals surface area contributed by atoms with E-state index in [1.807, 2.05) is 73.7 Å². The van der Waals surface area contributed by atoms with Crippen molar-refractivity contribution in [2.24, 2.45) is 25.9 Å². The summed E-state index contributed by atoms with van der Waals surface area (Å²) in [7, 11) is 7.17. The molecule has 16 nitrogen and oxygen atoms in total. The lowest BCUT2D eigenvalue weighted by molar-refractivity contribution is 0.0547. The Morgan fingerprint density at radius 2 is 0.950 bits per heavy atom. The molecule has 0 spiro atoms. The third kappa shape index (κ3) is 9.75. The Balaban J connectivity index is 0.000000169. The summed E-state index contributed by atoms with van der Waals surface area (Å²) in [6, 6.07) is 14.7. The molecule has 0 saturated carbocycles. The summed E-state index contributed by atoms with van der Waals surface area (Å²) in [6.45, 7) is 13.4. The smallest absolute Gasteiger partial charge is 0.146 e. The van der Waals surface area contributed by atoms with Crippen LogP contribution in [0.4, 0.5) is 8.78 Å². The van der Waals surface area contributed by atoms with Crippen LogP contribution in [0, 0.1) is 37.3 Å². The molecular formula is C62H68F2N10O6. The number of benzene rings is 2. The summed E-state index contributed by atoms with van der Waals surface area (Å²) in [4.78, 5) is 27.0. The average molecular weight is 1090 g/mol. The van der Waals surface area contributed by atoms with Gasteiger partial charge in [-0.3, -0.25) is 19.9 Å². The van der Waals surface area contributed by atoms with Gasteiger partial charge in [-0.1, -0.05) is 0 Å². The van der Waals surface area contributed by atoms with Crippen LogP contribution in [0.25, 0.3) is 66.4 Å². The average Bonchev–Trinajstić information content (AvgIpc) is 4.19. The second-order valence-electron chi connectivity index (χ2n) is 22.3. The maximum absolute atomic E-state index is 15.6. The van der Waals surface area contributed by atoms with Crippen LogP contribution in [0.1, 0.15) is 99.1 Å². The Labute approximate surface area is 463 Å². The van der Waals surface area contributed by atoms with Crippen molar-refractivity contribution in [3.63, 3.8) is 0 Å². The van der Waals surface area contributed by atoms with Crippen molar-refractivity contribution in [1.29, 1.82) is 0 Å². The van der Waals surface area contributed by atoms with E-state index < -0.39 is 11.2 Å². The van der Waals surface area contributed by atoms with E-state index in [9.17, 15) is 10.2 Å². The number of hydrogen-bond acceptors (Lipinski definition) is 12. The molecule has 416 valence electrons. The Hall–Kier alpha value is -7.64. The highest BCUT2D eigenvalue weighted by Gasteiger charge is 2.36. The van der Waals surface area contributed by atoms with Crippen molar-refractivity contribution in [2.75, 3.05) is 40.6 Å². The Bertz CT molecular complexity index is 3640. The SMILES string of the molecule is COc1cc(C(C)(C)O)cc2c1c1ncc(-c3c(C)ncn3C)cc1n2C(c1ccncc1F)C1CCOCC1.COc1cc(C(C)(C)O)cc2c1c1ncc(-c3c(C)ncn3C)cc1n2C(c1ccncc1F)C1CCOCC1. The largest absolute Gasteiger partial charge is 0.496 e. The fraction of sp³-hybridized carbons (Fsp3) is 0.387. The van der Waals surface area contributed by atoms with Crippen molar-refractivity contribution in [3.8, 4) is 34.0 Å². The normalized spacial score (nSPS) is 15.7. The number of imidazole rings is 2. The van der Waals surface area contributed by atoms with Crippen molar-refractivity contribution in [2.45, 2.75) is 90.5 Å². The minimum atomic E-state index is -1.12. The van der Waals surface area contributed by atoms with E-state index in [2.05, 4.69) is 41.2 Å².